The topological polar surface area (TPSA) is 78.4 Å². The molecule has 2 aromatic heterocycles. The number of benzene rings is 1. The van der Waals surface area contributed by atoms with E-state index < -0.39 is 17.9 Å². The maximum absolute atomic E-state index is 12.0. The van der Waals surface area contributed by atoms with E-state index >= 15 is 0 Å². The molecule has 2 amide bonds. The number of aryl methyl sites for hydroxylation is 2. The van der Waals surface area contributed by atoms with E-state index in [0.717, 1.165) is 26.4 Å². The minimum absolute atomic E-state index is 0.236. The molecule has 3 aromatic rings. The third kappa shape index (κ3) is 4.82. The number of amides is 2. The van der Waals surface area contributed by atoms with Gasteiger partial charge >= 0.3 is 11.8 Å². The summed E-state index contributed by atoms with van der Waals surface area (Å²) >= 11 is 2.94. The zero-order valence-electron chi connectivity index (χ0n) is 15.0. The quantitative estimate of drug-likeness (QED) is 0.571. The Hall–Kier alpha value is -2.48. The molecule has 0 saturated heterocycles. The number of nitrogens with one attached hydrogen (secondary N) is 2. The Morgan fingerprint density at radius 2 is 1.89 bits per heavy atom. The molecule has 0 aliphatic rings. The molecular formula is C20H20N2O3S2. The summed E-state index contributed by atoms with van der Waals surface area (Å²) < 4.78 is 0. The molecule has 0 saturated carbocycles. The highest BCUT2D eigenvalue weighted by Gasteiger charge is 2.16. The molecule has 0 fully saturated rings. The van der Waals surface area contributed by atoms with Crippen molar-refractivity contribution in [2.24, 2.45) is 0 Å². The monoisotopic (exact) mass is 400 g/mol. The highest BCUT2D eigenvalue weighted by Crippen LogP contribution is 2.29. The molecule has 1 aromatic carbocycles. The molecule has 5 nitrogen and oxygen atoms in total. The van der Waals surface area contributed by atoms with Gasteiger partial charge in [0.15, 0.2) is 0 Å². The van der Waals surface area contributed by atoms with Crippen LogP contribution in [0.5, 0.6) is 0 Å². The third-order valence-electron chi connectivity index (χ3n) is 4.21. The van der Waals surface area contributed by atoms with Crippen LogP contribution >= 0.6 is 22.7 Å². The molecule has 1 atom stereocenters. The molecule has 7 heteroatoms. The van der Waals surface area contributed by atoms with Crippen LogP contribution in [0.25, 0.3) is 0 Å². The molecule has 140 valence electrons. The van der Waals surface area contributed by atoms with Crippen LogP contribution < -0.4 is 10.6 Å². The molecule has 0 bridgehead atoms. The Bertz CT molecular complexity index is 948. The summed E-state index contributed by atoms with van der Waals surface area (Å²) in [6.45, 7) is 4.17. The maximum atomic E-state index is 12.0. The van der Waals surface area contributed by atoms with Gasteiger partial charge in [0.2, 0.25) is 0 Å². The van der Waals surface area contributed by atoms with E-state index in [1.165, 1.54) is 22.7 Å². The van der Waals surface area contributed by atoms with Gasteiger partial charge in [-0.15, -0.1) is 11.3 Å². The van der Waals surface area contributed by atoms with Gasteiger partial charge in [-0.3, -0.25) is 9.59 Å². The summed E-state index contributed by atoms with van der Waals surface area (Å²) in [4.78, 5) is 25.7. The largest absolute Gasteiger partial charge is 0.383 e. The van der Waals surface area contributed by atoms with Crippen molar-refractivity contribution in [2.75, 3.05) is 5.32 Å². The molecule has 3 N–H and O–H groups in total. The highest BCUT2D eigenvalue weighted by molar-refractivity contribution is 7.12. The van der Waals surface area contributed by atoms with Gasteiger partial charge in [0.25, 0.3) is 0 Å². The zero-order valence-corrected chi connectivity index (χ0v) is 16.6. The van der Waals surface area contributed by atoms with Gasteiger partial charge in [-0.05, 0) is 71.6 Å². The molecule has 0 radical (unpaired) electrons. The standard InChI is InChI=1S/C20H20N2O3S2/c1-12-3-4-15(9-13(12)2)22-20(25)19(24)21-10-16-5-6-17(27-16)18(23)14-7-8-26-11-14/h3-9,11,18,23H,10H2,1-2H3,(H,21,24)(H,22,25). The van der Waals surface area contributed by atoms with E-state index in [2.05, 4.69) is 10.6 Å². The van der Waals surface area contributed by atoms with Crippen LogP contribution in [0.2, 0.25) is 0 Å². The molecule has 1 unspecified atom stereocenters. The minimum atomic E-state index is -0.701. The number of hydrogen-bond donors (Lipinski definition) is 3. The molecular weight excluding hydrogens is 380 g/mol. The SMILES string of the molecule is Cc1ccc(NC(=O)C(=O)NCc2ccc(C(O)c3ccsc3)s2)cc1C. The number of hydrogen-bond acceptors (Lipinski definition) is 5. The van der Waals surface area contributed by atoms with Crippen molar-refractivity contribution in [3.05, 3.63) is 73.6 Å². The summed E-state index contributed by atoms with van der Waals surface area (Å²) in [5.41, 5.74) is 3.61. The zero-order chi connectivity index (χ0) is 19.4. The molecule has 27 heavy (non-hydrogen) atoms. The number of thiophene rings is 2. The second-order valence-electron chi connectivity index (χ2n) is 6.20. The van der Waals surface area contributed by atoms with Gasteiger partial charge in [-0.25, -0.2) is 0 Å². The summed E-state index contributed by atoms with van der Waals surface area (Å²) in [7, 11) is 0. The van der Waals surface area contributed by atoms with Crippen LogP contribution in [0.15, 0.2) is 47.2 Å². The maximum Gasteiger partial charge on any atom is 0.313 e. The van der Waals surface area contributed by atoms with Gasteiger partial charge in [0.1, 0.15) is 6.10 Å². The van der Waals surface area contributed by atoms with Crippen LogP contribution in [0, 0.1) is 13.8 Å². The second-order valence-corrected chi connectivity index (χ2v) is 8.18. The Morgan fingerprint density at radius 3 is 2.59 bits per heavy atom. The molecule has 2 heterocycles. The smallest absolute Gasteiger partial charge is 0.313 e. The van der Waals surface area contributed by atoms with Gasteiger partial charge in [0, 0.05) is 15.4 Å². The van der Waals surface area contributed by atoms with Crippen molar-refractivity contribution in [1.82, 2.24) is 5.32 Å². The Kier molecular flexibility index (Phi) is 6.05. The van der Waals surface area contributed by atoms with Crippen molar-refractivity contribution in [3.8, 4) is 0 Å². The summed E-state index contributed by atoms with van der Waals surface area (Å²) in [5, 5.41) is 19.4. The average Bonchev–Trinajstić information content (AvgIpc) is 3.34. The minimum Gasteiger partial charge on any atom is -0.383 e. The normalized spacial score (nSPS) is 11.8. The fourth-order valence-electron chi connectivity index (χ4n) is 2.49. The van der Waals surface area contributed by atoms with Gasteiger partial charge in [0.05, 0.1) is 6.54 Å². The van der Waals surface area contributed by atoms with Crippen LogP contribution in [-0.2, 0) is 16.1 Å². The lowest BCUT2D eigenvalue weighted by Crippen LogP contribution is -2.34. The van der Waals surface area contributed by atoms with Crippen molar-refractivity contribution >= 4 is 40.2 Å². The van der Waals surface area contributed by atoms with Crippen LogP contribution in [0.1, 0.15) is 32.5 Å². The highest BCUT2D eigenvalue weighted by atomic mass is 32.1. The fraction of sp³-hybridized carbons (Fsp3) is 0.200. The number of rotatable bonds is 5. The molecule has 3 rings (SSSR count). The van der Waals surface area contributed by atoms with E-state index in [0.29, 0.717) is 5.69 Å². The predicted molar refractivity (Wildman–Crippen MR) is 109 cm³/mol. The first kappa shape index (κ1) is 19.3. The van der Waals surface area contributed by atoms with Crippen LogP contribution in [0.3, 0.4) is 0 Å². The number of carbonyl (C=O) groups is 2. The van der Waals surface area contributed by atoms with Crippen LogP contribution in [-0.4, -0.2) is 16.9 Å². The van der Waals surface area contributed by atoms with Crippen molar-refractivity contribution in [2.45, 2.75) is 26.5 Å². The first-order valence-electron chi connectivity index (χ1n) is 8.39. The van der Waals surface area contributed by atoms with Crippen molar-refractivity contribution < 1.29 is 14.7 Å². The fourth-order valence-corrected chi connectivity index (χ4v) is 4.13. The van der Waals surface area contributed by atoms with Crippen LogP contribution in [0.4, 0.5) is 5.69 Å². The van der Waals surface area contributed by atoms with E-state index in [4.69, 9.17) is 0 Å². The van der Waals surface area contributed by atoms with Gasteiger partial charge in [-0.2, -0.15) is 11.3 Å². The summed E-state index contributed by atoms with van der Waals surface area (Å²) in [6, 6.07) is 11.1. The average molecular weight is 401 g/mol. The van der Waals surface area contributed by atoms with E-state index in [1.807, 2.05) is 54.9 Å². The number of carbonyl (C=O) groups excluding carboxylic acids is 2. The second kappa shape index (κ2) is 8.47. The number of aliphatic hydroxyl groups is 1. The first-order valence-corrected chi connectivity index (χ1v) is 10.1. The van der Waals surface area contributed by atoms with E-state index in [1.54, 1.807) is 6.07 Å². The number of anilines is 1. The number of aliphatic hydroxyl groups excluding tert-OH is 1. The summed E-state index contributed by atoms with van der Waals surface area (Å²) in [5.74, 6) is -1.39. The lowest BCUT2D eigenvalue weighted by Gasteiger charge is -2.08. The van der Waals surface area contributed by atoms with E-state index in [9.17, 15) is 14.7 Å². The lowest BCUT2D eigenvalue weighted by molar-refractivity contribution is -0.136. The van der Waals surface area contributed by atoms with Gasteiger partial charge in [-0.1, -0.05) is 6.07 Å². The van der Waals surface area contributed by atoms with Crippen molar-refractivity contribution in [1.29, 1.82) is 0 Å². The summed E-state index contributed by atoms with van der Waals surface area (Å²) in [6.07, 6.45) is -0.668. The Morgan fingerprint density at radius 1 is 1.07 bits per heavy atom. The third-order valence-corrected chi connectivity index (χ3v) is 6.04. The predicted octanol–water partition coefficient (Wildman–Crippen LogP) is 3.76. The molecule has 0 aliphatic carbocycles. The van der Waals surface area contributed by atoms with Gasteiger partial charge < -0.3 is 15.7 Å². The molecule has 0 spiro atoms. The van der Waals surface area contributed by atoms with E-state index in [-0.39, 0.29) is 6.54 Å². The Labute approximate surface area is 165 Å². The lowest BCUT2D eigenvalue weighted by atomic mass is 10.1. The van der Waals surface area contributed by atoms with Crippen molar-refractivity contribution in [3.63, 3.8) is 0 Å². The Balaban J connectivity index is 1.54. The first-order chi connectivity index (χ1) is 12.9. The molecule has 0 aliphatic heterocycles.